The number of cyclic esters (lactones) is 1. The van der Waals surface area contributed by atoms with Crippen LogP contribution in [-0.4, -0.2) is 70.8 Å². The molecule has 1 unspecified atom stereocenters. The average molecular weight is 501 g/mol. The highest BCUT2D eigenvalue weighted by Crippen LogP contribution is 2.58. The number of nitrogens with zero attached hydrogens (tertiary/aromatic N) is 2. The van der Waals surface area contributed by atoms with Crippen molar-refractivity contribution >= 4 is 35.1 Å². The predicted octanol–water partition coefficient (Wildman–Crippen LogP) is 2.41. The number of hydrogen-bond donors (Lipinski definition) is 1. The minimum atomic E-state index is -1.40. The van der Waals surface area contributed by atoms with Gasteiger partial charge in [0.05, 0.1) is 34.9 Å². The molecule has 1 spiro atoms. The van der Waals surface area contributed by atoms with Crippen LogP contribution in [0.3, 0.4) is 0 Å². The molecule has 0 aliphatic carbocycles. The van der Waals surface area contributed by atoms with Gasteiger partial charge >= 0.3 is 5.97 Å². The maximum atomic E-state index is 14.4. The number of hydrogen-bond acceptors (Lipinski definition) is 6. The fourth-order valence-electron chi connectivity index (χ4n) is 6.27. The molecule has 1 aromatic rings. The Morgan fingerprint density at radius 1 is 1.17 bits per heavy atom. The molecule has 2 amide bonds. The lowest BCUT2D eigenvalue weighted by Gasteiger charge is -2.40. The lowest BCUT2D eigenvalue weighted by atomic mass is 9.75. The van der Waals surface area contributed by atoms with E-state index in [2.05, 4.69) is 0 Å². The van der Waals surface area contributed by atoms with E-state index in [-0.39, 0.29) is 25.7 Å². The van der Waals surface area contributed by atoms with Crippen molar-refractivity contribution in [2.45, 2.75) is 50.5 Å². The van der Waals surface area contributed by atoms with E-state index in [1.807, 2.05) is 26.0 Å². The highest BCUT2D eigenvalue weighted by atomic mass is 35.5. The van der Waals surface area contributed by atoms with Gasteiger partial charge in [0.1, 0.15) is 24.2 Å². The topological polar surface area (TPSA) is 96.4 Å². The van der Waals surface area contributed by atoms with Crippen LogP contribution in [0.4, 0.5) is 5.69 Å². The first-order valence-electron chi connectivity index (χ1n) is 11.9. The molecule has 0 aromatic heterocycles. The van der Waals surface area contributed by atoms with Gasteiger partial charge in [-0.3, -0.25) is 14.4 Å². The molecule has 0 saturated carbocycles. The Balaban J connectivity index is 1.71. The second kappa shape index (κ2) is 8.47. The Bertz CT molecular complexity index is 1130. The monoisotopic (exact) mass is 500 g/mol. The molecule has 5 rings (SSSR count). The highest BCUT2D eigenvalue weighted by molar-refractivity contribution is 6.34. The number of aryl methyl sites for hydroxylation is 1. The predicted molar refractivity (Wildman–Crippen MR) is 129 cm³/mol. The van der Waals surface area contributed by atoms with Crippen LogP contribution in [-0.2, 0) is 23.9 Å². The van der Waals surface area contributed by atoms with Crippen molar-refractivity contribution in [3.8, 4) is 0 Å². The summed E-state index contributed by atoms with van der Waals surface area (Å²) in [6.45, 7) is 5.46. The lowest BCUT2D eigenvalue weighted by Crippen LogP contribution is -2.58. The number of anilines is 1. The lowest BCUT2D eigenvalue weighted by molar-refractivity contribution is -0.157. The van der Waals surface area contributed by atoms with Gasteiger partial charge in [-0.25, -0.2) is 0 Å². The molecule has 186 valence electrons. The number of fused-ring (bicyclic) bond motifs is 2. The number of amides is 2. The van der Waals surface area contributed by atoms with Gasteiger partial charge in [0.15, 0.2) is 0 Å². The number of halogens is 1. The van der Waals surface area contributed by atoms with Crippen molar-refractivity contribution in [2.24, 2.45) is 11.8 Å². The molecule has 1 aromatic carbocycles. The van der Waals surface area contributed by atoms with Gasteiger partial charge in [-0.2, -0.15) is 0 Å². The summed E-state index contributed by atoms with van der Waals surface area (Å²) in [5.41, 5.74) is -1.15. The van der Waals surface area contributed by atoms with Crippen LogP contribution in [0.2, 0.25) is 5.02 Å². The van der Waals surface area contributed by atoms with Gasteiger partial charge in [-0.05, 0) is 38.0 Å². The van der Waals surface area contributed by atoms with Gasteiger partial charge < -0.3 is 24.4 Å². The molecule has 8 nitrogen and oxygen atoms in total. The Morgan fingerprint density at radius 3 is 2.63 bits per heavy atom. The van der Waals surface area contributed by atoms with Crippen LogP contribution in [0.25, 0.3) is 0 Å². The van der Waals surface area contributed by atoms with E-state index in [1.54, 1.807) is 42.2 Å². The number of benzene rings is 1. The van der Waals surface area contributed by atoms with Crippen molar-refractivity contribution in [1.29, 1.82) is 0 Å². The maximum absolute atomic E-state index is 14.4. The van der Waals surface area contributed by atoms with Gasteiger partial charge in [0.2, 0.25) is 5.91 Å². The van der Waals surface area contributed by atoms with Gasteiger partial charge in [0, 0.05) is 6.54 Å². The summed E-state index contributed by atoms with van der Waals surface area (Å²) < 4.78 is 12.0. The third-order valence-electron chi connectivity index (χ3n) is 7.78. The second-order valence-corrected chi connectivity index (χ2v) is 10.2. The molecular weight excluding hydrogens is 472 g/mol. The number of para-hydroxylation sites is 1. The Labute approximate surface area is 209 Å². The van der Waals surface area contributed by atoms with Crippen LogP contribution >= 0.6 is 11.6 Å². The van der Waals surface area contributed by atoms with Gasteiger partial charge in [-0.15, -0.1) is 0 Å². The Morgan fingerprint density at radius 2 is 1.94 bits per heavy atom. The smallest absolute Gasteiger partial charge is 0.313 e. The highest BCUT2D eigenvalue weighted by Gasteiger charge is 2.75. The van der Waals surface area contributed by atoms with E-state index >= 15 is 0 Å². The number of likely N-dealkylation sites (tertiary alicyclic amines) is 1. The van der Waals surface area contributed by atoms with Crippen molar-refractivity contribution in [3.63, 3.8) is 0 Å². The van der Waals surface area contributed by atoms with Crippen molar-refractivity contribution in [2.75, 3.05) is 24.7 Å². The molecular formula is C26H29ClN2O6. The summed E-state index contributed by atoms with van der Waals surface area (Å²) in [7, 11) is 0. The van der Waals surface area contributed by atoms with Crippen LogP contribution in [0, 0.1) is 18.8 Å². The molecule has 1 N–H and O–H groups in total. The number of carbonyl (C=O) groups excluding carboxylic acids is 3. The van der Waals surface area contributed by atoms with Crippen molar-refractivity contribution in [3.05, 3.63) is 53.1 Å². The van der Waals surface area contributed by atoms with Crippen LogP contribution in [0.15, 0.2) is 42.5 Å². The van der Waals surface area contributed by atoms with Crippen molar-refractivity contribution in [1.82, 2.24) is 4.90 Å². The number of aliphatic hydroxyl groups is 1. The largest absolute Gasteiger partial charge is 0.461 e. The standard InChI is InChI=1S/C26H29ClN2O6/c1-4-16(14-30)29-21-23(32)28(20-15(2)8-5-9-17(20)27)12-6-11-26(21)18(22(29)31)19-24(33)34-13-7-10-25(19,3)35-26/h5-11,16,18-19,21,30H,4,12-14H2,1-3H3/t16-,18-,19+,21?,25-,26-/m0/s1. The number of esters is 1. The summed E-state index contributed by atoms with van der Waals surface area (Å²) >= 11 is 6.53. The zero-order chi connectivity index (χ0) is 25.1. The molecule has 6 atom stereocenters. The number of carbonyl (C=O) groups is 3. The molecule has 2 saturated heterocycles. The molecule has 0 bridgehead atoms. The summed E-state index contributed by atoms with van der Waals surface area (Å²) in [4.78, 5) is 44.5. The second-order valence-electron chi connectivity index (χ2n) is 9.78. The van der Waals surface area contributed by atoms with Crippen LogP contribution < -0.4 is 4.90 Å². The maximum Gasteiger partial charge on any atom is 0.313 e. The minimum absolute atomic E-state index is 0.0951. The zero-order valence-corrected chi connectivity index (χ0v) is 20.7. The fraction of sp³-hybridized carbons (Fsp3) is 0.500. The van der Waals surface area contributed by atoms with E-state index in [9.17, 15) is 19.5 Å². The third-order valence-corrected chi connectivity index (χ3v) is 8.09. The van der Waals surface area contributed by atoms with Crippen LogP contribution in [0.1, 0.15) is 25.8 Å². The minimum Gasteiger partial charge on any atom is -0.461 e. The summed E-state index contributed by atoms with van der Waals surface area (Å²) in [6, 6.07) is 3.70. The molecule has 4 aliphatic rings. The first kappa shape index (κ1) is 24.0. The summed E-state index contributed by atoms with van der Waals surface area (Å²) in [5.74, 6) is -3.20. The molecule has 35 heavy (non-hydrogen) atoms. The van der Waals surface area contributed by atoms with E-state index in [1.165, 1.54) is 4.90 Å². The molecule has 4 heterocycles. The Kier molecular flexibility index (Phi) is 5.81. The van der Waals surface area contributed by atoms with Gasteiger partial charge in [-0.1, -0.05) is 48.9 Å². The van der Waals surface area contributed by atoms with E-state index < -0.39 is 47.0 Å². The first-order valence-corrected chi connectivity index (χ1v) is 12.3. The van der Waals surface area contributed by atoms with Crippen molar-refractivity contribution < 1.29 is 29.0 Å². The summed E-state index contributed by atoms with van der Waals surface area (Å²) in [6.07, 6.45) is 7.45. The number of ether oxygens (including phenoxy) is 2. The first-order chi connectivity index (χ1) is 16.7. The van der Waals surface area contributed by atoms with Gasteiger partial charge in [0.25, 0.3) is 5.91 Å². The normalized spacial score (nSPS) is 34.8. The van der Waals surface area contributed by atoms with E-state index in [0.717, 1.165) is 5.56 Å². The summed E-state index contributed by atoms with van der Waals surface area (Å²) in [5, 5.41) is 10.6. The number of aliphatic hydroxyl groups excluding tert-OH is 1. The fourth-order valence-corrected chi connectivity index (χ4v) is 6.59. The Hall–Kier alpha value is -2.68. The average Bonchev–Trinajstić information content (AvgIpc) is 3.07. The zero-order valence-electron chi connectivity index (χ0n) is 19.9. The molecule has 2 fully saturated rings. The van der Waals surface area contributed by atoms with E-state index in [4.69, 9.17) is 21.1 Å². The van der Waals surface area contributed by atoms with Crippen LogP contribution in [0.5, 0.6) is 0 Å². The molecule has 0 radical (unpaired) electrons. The molecule has 4 aliphatic heterocycles. The van der Waals surface area contributed by atoms with E-state index in [0.29, 0.717) is 17.1 Å². The molecule has 9 heteroatoms. The third kappa shape index (κ3) is 3.30. The number of rotatable bonds is 4. The quantitative estimate of drug-likeness (QED) is 0.504. The SMILES string of the molecule is CC[C@@H](CO)N1C(=O)[C@@H]2[C@@H]3C(=O)OCC=C[C@]3(C)O[C@@]23C=CCN(c2c(C)cccc2Cl)C(=O)C13.